The van der Waals surface area contributed by atoms with Crippen LogP contribution in [0.4, 0.5) is 0 Å². The summed E-state index contributed by atoms with van der Waals surface area (Å²) in [6, 6.07) is 12.3. The minimum absolute atomic E-state index is 0.505. The number of rotatable bonds is 5. The molecule has 2 heterocycles. The molecule has 2 aromatic heterocycles. The second-order valence-corrected chi connectivity index (χ2v) is 7.49. The minimum Gasteiger partial charge on any atom is -0.361 e. The third kappa shape index (κ3) is 3.79. The number of hydrogen-bond acceptors (Lipinski definition) is 5. The maximum absolute atomic E-state index is 5.14. The van der Waals surface area contributed by atoms with E-state index < -0.39 is 0 Å². The molecule has 0 saturated heterocycles. The van der Waals surface area contributed by atoms with E-state index in [2.05, 4.69) is 17.3 Å². The molecule has 1 fully saturated rings. The maximum Gasteiger partial charge on any atom is 0.209 e. The van der Waals surface area contributed by atoms with Gasteiger partial charge in [0.15, 0.2) is 0 Å². The van der Waals surface area contributed by atoms with Crippen LogP contribution >= 0.6 is 11.8 Å². The topological polar surface area (TPSA) is 56.7 Å². The third-order valence-electron chi connectivity index (χ3n) is 4.61. The van der Waals surface area contributed by atoms with Crippen molar-refractivity contribution in [2.75, 3.05) is 0 Å². The molecule has 0 atom stereocenters. The van der Waals surface area contributed by atoms with Gasteiger partial charge in [-0.2, -0.15) is 0 Å². The summed E-state index contributed by atoms with van der Waals surface area (Å²) in [4.78, 5) is 4.89. The molecule has 25 heavy (non-hydrogen) atoms. The smallest absolute Gasteiger partial charge is 0.209 e. The Kier molecular flexibility index (Phi) is 4.88. The standard InChI is InChI=1S/C19H22N4OS/c1-14-12-16(22-24-14)13-25-19-20-18(15-8-4-2-5-9-15)23(21-19)17-10-6-3-7-11-17/h3,6-7,10-12,15H,2,4-5,8-9,13H2,1H3. The van der Waals surface area contributed by atoms with E-state index in [1.807, 2.05) is 35.9 Å². The van der Waals surface area contributed by atoms with Crippen molar-refractivity contribution in [3.63, 3.8) is 0 Å². The van der Waals surface area contributed by atoms with Gasteiger partial charge in [0, 0.05) is 17.7 Å². The normalized spacial score (nSPS) is 15.6. The highest BCUT2D eigenvalue weighted by molar-refractivity contribution is 7.98. The van der Waals surface area contributed by atoms with Gasteiger partial charge in [0.25, 0.3) is 0 Å². The summed E-state index contributed by atoms with van der Waals surface area (Å²) in [5.74, 6) is 3.16. The zero-order chi connectivity index (χ0) is 17.1. The predicted octanol–water partition coefficient (Wildman–Crippen LogP) is 4.90. The van der Waals surface area contributed by atoms with Crippen LogP contribution in [0.2, 0.25) is 0 Å². The Hall–Kier alpha value is -2.08. The first kappa shape index (κ1) is 16.4. The molecule has 130 valence electrons. The van der Waals surface area contributed by atoms with Crippen molar-refractivity contribution in [1.82, 2.24) is 19.9 Å². The molecule has 4 rings (SSSR count). The zero-order valence-electron chi connectivity index (χ0n) is 14.4. The monoisotopic (exact) mass is 354 g/mol. The molecule has 1 saturated carbocycles. The van der Waals surface area contributed by atoms with Crippen LogP contribution in [0.15, 0.2) is 46.1 Å². The summed E-state index contributed by atoms with van der Waals surface area (Å²) in [5, 5.41) is 9.65. The van der Waals surface area contributed by atoms with E-state index in [1.165, 1.54) is 32.1 Å². The number of para-hydroxylation sites is 1. The maximum atomic E-state index is 5.14. The Morgan fingerprint density at radius 1 is 1.16 bits per heavy atom. The van der Waals surface area contributed by atoms with Gasteiger partial charge in [0.2, 0.25) is 5.16 Å². The summed E-state index contributed by atoms with van der Waals surface area (Å²) in [5.41, 5.74) is 2.01. The molecule has 6 heteroatoms. The molecule has 0 N–H and O–H groups in total. The second kappa shape index (κ2) is 7.44. The molecule has 1 aliphatic carbocycles. The highest BCUT2D eigenvalue weighted by atomic mass is 32.2. The number of aromatic nitrogens is 4. The van der Waals surface area contributed by atoms with Crippen LogP contribution < -0.4 is 0 Å². The molecule has 1 aliphatic rings. The SMILES string of the molecule is Cc1cc(CSc2nc(C3CCCCC3)n(-c3ccccc3)n2)no1. The molecular formula is C19H22N4OS. The summed E-state index contributed by atoms with van der Waals surface area (Å²) in [7, 11) is 0. The molecule has 0 aliphatic heterocycles. The Morgan fingerprint density at radius 3 is 2.68 bits per heavy atom. The van der Waals surface area contributed by atoms with Crippen molar-refractivity contribution < 1.29 is 4.52 Å². The van der Waals surface area contributed by atoms with Gasteiger partial charge in [0.1, 0.15) is 11.6 Å². The van der Waals surface area contributed by atoms with Crippen LogP contribution in [0, 0.1) is 6.92 Å². The van der Waals surface area contributed by atoms with Gasteiger partial charge < -0.3 is 4.52 Å². The number of hydrogen-bond donors (Lipinski definition) is 0. The molecule has 5 nitrogen and oxygen atoms in total. The van der Waals surface area contributed by atoms with Gasteiger partial charge >= 0.3 is 0 Å². The fourth-order valence-electron chi connectivity index (χ4n) is 3.37. The summed E-state index contributed by atoms with van der Waals surface area (Å²) >= 11 is 1.61. The molecule has 0 spiro atoms. The zero-order valence-corrected chi connectivity index (χ0v) is 15.2. The summed E-state index contributed by atoms with van der Waals surface area (Å²) in [6.45, 7) is 1.91. The van der Waals surface area contributed by atoms with Gasteiger partial charge in [-0.1, -0.05) is 54.4 Å². The van der Waals surface area contributed by atoms with Crippen molar-refractivity contribution >= 4 is 11.8 Å². The number of nitrogens with zero attached hydrogens (tertiary/aromatic N) is 4. The van der Waals surface area contributed by atoms with E-state index in [0.717, 1.165) is 33.9 Å². The van der Waals surface area contributed by atoms with Crippen LogP contribution in [-0.4, -0.2) is 19.9 Å². The Balaban J connectivity index is 1.60. The lowest BCUT2D eigenvalue weighted by atomic mass is 9.88. The molecular weight excluding hydrogens is 332 g/mol. The molecule has 0 bridgehead atoms. The minimum atomic E-state index is 0.505. The summed E-state index contributed by atoms with van der Waals surface area (Å²) in [6.07, 6.45) is 6.32. The summed E-state index contributed by atoms with van der Waals surface area (Å²) < 4.78 is 7.17. The highest BCUT2D eigenvalue weighted by Gasteiger charge is 2.23. The Bertz CT molecular complexity index is 821. The van der Waals surface area contributed by atoms with Crippen LogP contribution in [0.25, 0.3) is 5.69 Å². The fraction of sp³-hybridized carbons (Fsp3) is 0.421. The predicted molar refractivity (Wildman–Crippen MR) is 98.0 cm³/mol. The van der Waals surface area contributed by atoms with E-state index in [4.69, 9.17) is 14.6 Å². The molecule has 0 unspecified atom stereocenters. The van der Waals surface area contributed by atoms with Crippen molar-refractivity contribution in [3.05, 3.63) is 53.7 Å². The van der Waals surface area contributed by atoms with Crippen LogP contribution in [-0.2, 0) is 5.75 Å². The molecule has 1 aromatic carbocycles. The molecule has 0 amide bonds. The number of thioether (sulfide) groups is 1. The van der Waals surface area contributed by atoms with Crippen molar-refractivity contribution in [1.29, 1.82) is 0 Å². The first-order valence-corrected chi connectivity index (χ1v) is 9.85. The lowest BCUT2D eigenvalue weighted by Gasteiger charge is -2.21. The van der Waals surface area contributed by atoms with Gasteiger partial charge in [-0.25, -0.2) is 9.67 Å². The average Bonchev–Trinajstić information content (AvgIpc) is 3.28. The largest absolute Gasteiger partial charge is 0.361 e. The van der Waals surface area contributed by atoms with Crippen LogP contribution in [0.1, 0.15) is 55.3 Å². The van der Waals surface area contributed by atoms with E-state index >= 15 is 0 Å². The van der Waals surface area contributed by atoms with Crippen molar-refractivity contribution in [2.24, 2.45) is 0 Å². The van der Waals surface area contributed by atoms with Crippen molar-refractivity contribution in [3.8, 4) is 5.69 Å². The Labute approximate surface area is 151 Å². The van der Waals surface area contributed by atoms with Crippen LogP contribution in [0.3, 0.4) is 0 Å². The number of aryl methyl sites for hydroxylation is 1. The average molecular weight is 354 g/mol. The fourth-order valence-corrected chi connectivity index (χ4v) is 4.08. The number of benzene rings is 1. The van der Waals surface area contributed by atoms with E-state index in [9.17, 15) is 0 Å². The van der Waals surface area contributed by atoms with E-state index in [0.29, 0.717) is 5.92 Å². The van der Waals surface area contributed by atoms with Gasteiger partial charge in [-0.05, 0) is 31.9 Å². The molecule has 0 radical (unpaired) electrons. The van der Waals surface area contributed by atoms with Gasteiger partial charge in [-0.3, -0.25) is 0 Å². The first-order valence-electron chi connectivity index (χ1n) is 8.87. The van der Waals surface area contributed by atoms with Gasteiger partial charge in [-0.15, -0.1) is 5.10 Å². The molecule has 3 aromatic rings. The third-order valence-corrected chi connectivity index (χ3v) is 5.48. The van der Waals surface area contributed by atoms with Crippen LogP contribution in [0.5, 0.6) is 0 Å². The van der Waals surface area contributed by atoms with Crippen molar-refractivity contribution in [2.45, 2.75) is 55.9 Å². The lowest BCUT2D eigenvalue weighted by Crippen LogP contribution is -2.12. The van der Waals surface area contributed by atoms with Gasteiger partial charge in [0.05, 0.1) is 11.4 Å². The lowest BCUT2D eigenvalue weighted by molar-refractivity contribution is 0.393. The quantitative estimate of drug-likeness (QED) is 0.610. The van der Waals surface area contributed by atoms with E-state index in [1.54, 1.807) is 11.8 Å². The second-order valence-electron chi connectivity index (χ2n) is 6.55. The van der Waals surface area contributed by atoms with E-state index in [-0.39, 0.29) is 0 Å². The Morgan fingerprint density at radius 2 is 1.96 bits per heavy atom. The first-order chi connectivity index (χ1) is 12.3. The highest BCUT2D eigenvalue weighted by Crippen LogP contribution is 2.34.